The SMILES string of the molecule is CCCCCCCCCCCCCCCCCCN(C)C(=O)OCC(C)(COCCCCCCCn1cncc1CC(=O)O)OC. The highest BCUT2D eigenvalue weighted by atomic mass is 16.6. The van der Waals surface area contributed by atoms with Gasteiger partial charge in [-0.15, -0.1) is 0 Å². The minimum absolute atomic E-state index is 0.00716. The summed E-state index contributed by atoms with van der Waals surface area (Å²) in [7, 11) is 3.43. The Morgan fingerprint density at radius 3 is 1.87 bits per heavy atom. The number of hydrogen-bond acceptors (Lipinski definition) is 6. The highest BCUT2D eigenvalue weighted by molar-refractivity contribution is 5.69. The number of carboxylic acids is 1. The number of imidazole rings is 1. The van der Waals surface area contributed by atoms with Crippen LogP contribution < -0.4 is 0 Å². The fraction of sp³-hybridized carbons (Fsp3) is 0.865. The first-order chi connectivity index (χ1) is 22.3. The molecule has 46 heavy (non-hydrogen) atoms. The number of aryl methyl sites for hydroxylation is 1. The number of hydrogen-bond donors (Lipinski definition) is 1. The smallest absolute Gasteiger partial charge is 0.409 e. The highest BCUT2D eigenvalue weighted by Crippen LogP contribution is 2.15. The van der Waals surface area contributed by atoms with Crippen molar-refractivity contribution in [3.63, 3.8) is 0 Å². The summed E-state index contributed by atoms with van der Waals surface area (Å²) in [5.41, 5.74) is 0.0678. The van der Waals surface area contributed by atoms with Gasteiger partial charge in [0, 0.05) is 45.7 Å². The highest BCUT2D eigenvalue weighted by Gasteiger charge is 2.27. The normalized spacial score (nSPS) is 12.7. The summed E-state index contributed by atoms with van der Waals surface area (Å²) in [5, 5.41) is 8.98. The number of carbonyl (C=O) groups excluding carboxylic acids is 1. The Morgan fingerprint density at radius 1 is 0.804 bits per heavy atom. The van der Waals surface area contributed by atoms with Crippen LogP contribution in [0.3, 0.4) is 0 Å². The van der Waals surface area contributed by atoms with E-state index >= 15 is 0 Å². The standard InChI is InChI=1S/C37H69N3O6/c1-5-6-7-8-9-10-11-12-13-14-15-16-17-18-20-23-26-39(3)36(43)46-32-37(2,44-4)31-45-28-25-22-19-21-24-27-40-33-38-30-34(40)29-35(41)42/h30,33H,5-29,31-32H2,1-4H3,(H,41,42). The van der Waals surface area contributed by atoms with Gasteiger partial charge in [-0.25, -0.2) is 9.78 Å². The monoisotopic (exact) mass is 652 g/mol. The van der Waals surface area contributed by atoms with E-state index in [1.165, 1.54) is 89.9 Å². The van der Waals surface area contributed by atoms with Crippen molar-refractivity contribution in [3.8, 4) is 0 Å². The number of unbranched alkanes of at least 4 members (excludes halogenated alkanes) is 19. The van der Waals surface area contributed by atoms with Gasteiger partial charge in [0.25, 0.3) is 0 Å². The lowest BCUT2D eigenvalue weighted by Crippen LogP contribution is -2.41. The molecule has 1 heterocycles. The van der Waals surface area contributed by atoms with Crippen molar-refractivity contribution >= 4 is 12.1 Å². The zero-order valence-corrected chi connectivity index (χ0v) is 30.1. The van der Waals surface area contributed by atoms with Crippen LogP contribution in [0.2, 0.25) is 0 Å². The second kappa shape index (κ2) is 27.9. The molecule has 9 heteroatoms. The van der Waals surface area contributed by atoms with Gasteiger partial charge in [0.15, 0.2) is 0 Å². The van der Waals surface area contributed by atoms with Crippen LogP contribution in [0.5, 0.6) is 0 Å². The molecule has 0 aliphatic carbocycles. The number of carboxylic acid groups (broad SMARTS) is 1. The third-order valence-corrected chi connectivity index (χ3v) is 8.88. The Balaban J connectivity index is 1.98. The van der Waals surface area contributed by atoms with Crippen molar-refractivity contribution in [2.75, 3.05) is 40.5 Å². The molecule has 0 spiro atoms. The Hall–Kier alpha value is -2.13. The molecule has 1 atom stereocenters. The van der Waals surface area contributed by atoms with Gasteiger partial charge in [-0.2, -0.15) is 0 Å². The van der Waals surface area contributed by atoms with Crippen LogP contribution in [0.15, 0.2) is 12.5 Å². The van der Waals surface area contributed by atoms with Crippen molar-refractivity contribution in [1.82, 2.24) is 14.5 Å². The van der Waals surface area contributed by atoms with Gasteiger partial charge in [-0.05, 0) is 26.2 Å². The average molecular weight is 652 g/mol. The molecule has 0 saturated heterocycles. The van der Waals surface area contributed by atoms with E-state index in [4.69, 9.17) is 19.3 Å². The maximum Gasteiger partial charge on any atom is 0.409 e. The third kappa shape index (κ3) is 22.4. The Bertz CT molecular complexity index is 879. The fourth-order valence-electron chi connectivity index (χ4n) is 5.63. The minimum atomic E-state index is -0.836. The van der Waals surface area contributed by atoms with Crippen LogP contribution in [-0.2, 0) is 32.0 Å². The van der Waals surface area contributed by atoms with Crippen LogP contribution in [-0.4, -0.2) is 77.7 Å². The molecule has 9 nitrogen and oxygen atoms in total. The van der Waals surface area contributed by atoms with Crippen molar-refractivity contribution in [1.29, 1.82) is 0 Å². The number of aromatic nitrogens is 2. The number of ether oxygens (including phenoxy) is 3. The molecule has 0 aliphatic heterocycles. The summed E-state index contributed by atoms with van der Waals surface area (Å²) in [5.74, 6) is -0.836. The number of amides is 1. The summed E-state index contributed by atoms with van der Waals surface area (Å²) >= 11 is 0. The van der Waals surface area contributed by atoms with E-state index < -0.39 is 11.6 Å². The lowest BCUT2D eigenvalue weighted by Gasteiger charge is -2.28. The molecule has 0 aliphatic rings. The number of aliphatic carboxylic acids is 1. The van der Waals surface area contributed by atoms with E-state index in [9.17, 15) is 9.59 Å². The molecule has 0 bridgehead atoms. The second-order valence-electron chi connectivity index (χ2n) is 13.4. The molecule has 1 N–H and O–H groups in total. The third-order valence-electron chi connectivity index (χ3n) is 8.88. The van der Waals surface area contributed by atoms with Gasteiger partial charge in [0.2, 0.25) is 0 Å². The first-order valence-corrected chi connectivity index (χ1v) is 18.5. The molecule has 0 aromatic carbocycles. The first-order valence-electron chi connectivity index (χ1n) is 18.5. The van der Waals surface area contributed by atoms with Gasteiger partial charge in [0.05, 0.1) is 19.4 Å². The molecule has 1 unspecified atom stereocenters. The van der Waals surface area contributed by atoms with E-state index in [1.807, 2.05) is 11.5 Å². The Morgan fingerprint density at radius 2 is 1.33 bits per heavy atom. The zero-order valence-electron chi connectivity index (χ0n) is 30.1. The van der Waals surface area contributed by atoms with Gasteiger partial charge in [-0.3, -0.25) is 4.79 Å². The molecule has 268 valence electrons. The minimum Gasteiger partial charge on any atom is -0.481 e. The molecule has 0 fully saturated rings. The first kappa shape index (κ1) is 41.9. The van der Waals surface area contributed by atoms with Crippen molar-refractivity contribution in [2.24, 2.45) is 0 Å². The summed E-state index contributed by atoms with van der Waals surface area (Å²) in [6.45, 7) is 6.85. The Labute approximate surface area is 281 Å². The van der Waals surface area contributed by atoms with Crippen LogP contribution in [0.4, 0.5) is 4.79 Å². The molecule has 1 amide bonds. The quantitative estimate of drug-likeness (QED) is 0.0775. The van der Waals surface area contributed by atoms with Crippen LogP contribution in [0.25, 0.3) is 0 Å². The van der Waals surface area contributed by atoms with Gasteiger partial charge in [0.1, 0.15) is 12.2 Å². The lowest BCUT2D eigenvalue weighted by molar-refractivity contribution is -0.136. The number of nitrogens with zero attached hydrogens (tertiary/aromatic N) is 3. The fourth-order valence-corrected chi connectivity index (χ4v) is 5.63. The maximum atomic E-state index is 12.5. The van der Waals surface area contributed by atoms with E-state index in [0.29, 0.717) is 19.8 Å². The molecular formula is C37H69N3O6. The van der Waals surface area contributed by atoms with Crippen molar-refractivity contribution < 1.29 is 28.9 Å². The lowest BCUT2D eigenvalue weighted by atomic mass is 10.0. The van der Waals surface area contributed by atoms with Crippen LogP contribution in [0.1, 0.15) is 154 Å². The largest absolute Gasteiger partial charge is 0.481 e. The molecule has 1 aromatic heterocycles. The molecular weight excluding hydrogens is 582 g/mol. The maximum absolute atomic E-state index is 12.5. The predicted molar refractivity (Wildman–Crippen MR) is 186 cm³/mol. The summed E-state index contributed by atoms with van der Waals surface area (Å²) in [6.07, 6.45) is 29.6. The van der Waals surface area contributed by atoms with E-state index in [-0.39, 0.29) is 19.1 Å². The molecule has 1 rings (SSSR count). The summed E-state index contributed by atoms with van der Waals surface area (Å²) in [4.78, 5) is 29.2. The number of rotatable bonds is 32. The predicted octanol–water partition coefficient (Wildman–Crippen LogP) is 9.21. The molecule has 0 saturated carbocycles. The van der Waals surface area contributed by atoms with Crippen LogP contribution in [0, 0.1) is 0 Å². The van der Waals surface area contributed by atoms with E-state index in [1.54, 1.807) is 31.6 Å². The van der Waals surface area contributed by atoms with Crippen molar-refractivity contribution in [3.05, 3.63) is 18.2 Å². The summed E-state index contributed by atoms with van der Waals surface area (Å²) in [6, 6.07) is 0. The number of carbonyl (C=O) groups is 2. The Kier molecular flexibility index (Phi) is 25.4. The zero-order chi connectivity index (χ0) is 33.7. The van der Waals surface area contributed by atoms with Gasteiger partial charge < -0.3 is 28.8 Å². The van der Waals surface area contributed by atoms with Gasteiger partial charge >= 0.3 is 12.1 Å². The molecule has 0 radical (unpaired) electrons. The van der Waals surface area contributed by atoms with Crippen LogP contribution >= 0.6 is 0 Å². The molecule has 1 aromatic rings. The second-order valence-corrected chi connectivity index (χ2v) is 13.4. The number of methoxy groups -OCH3 is 1. The van der Waals surface area contributed by atoms with Crippen molar-refractivity contribution in [2.45, 2.75) is 167 Å². The average Bonchev–Trinajstić information content (AvgIpc) is 3.48. The summed E-state index contributed by atoms with van der Waals surface area (Å²) < 4.78 is 19.0. The topological polar surface area (TPSA) is 103 Å². The van der Waals surface area contributed by atoms with E-state index in [0.717, 1.165) is 57.2 Å². The van der Waals surface area contributed by atoms with Gasteiger partial charge in [-0.1, -0.05) is 122 Å². The van der Waals surface area contributed by atoms with E-state index in [2.05, 4.69) is 11.9 Å².